The van der Waals surface area contributed by atoms with E-state index in [4.69, 9.17) is 17.0 Å². The molecule has 0 aromatic carbocycles. The first-order valence-corrected chi connectivity index (χ1v) is 5.20. The van der Waals surface area contributed by atoms with Gasteiger partial charge in [-0.05, 0) is 6.07 Å². The van der Waals surface area contributed by atoms with Gasteiger partial charge in [-0.2, -0.15) is 9.78 Å². The van der Waals surface area contributed by atoms with Crippen molar-refractivity contribution in [1.82, 2.24) is 15.1 Å². The smallest absolute Gasteiger partial charge is 0.358 e. The molecule has 96 valence electrons. The van der Waals surface area contributed by atoms with Gasteiger partial charge in [-0.1, -0.05) is 11.6 Å². The first-order chi connectivity index (χ1) is 8.54. The number of esters is 1. The maximum atomic E-state index is 11.6. The van der Waals surface area contributed by atoms with Crippen LogP contribution in [0.5, 0.6) is 0 Å². The molecule has 0 aliphatic heterocycles. The monoisotopic (exact) mass is 270 g/mol. The standard InChI is InChI=1S/C10H11ClN4O3/c1-13-9(11)7(5-12)15-8(16)4-3-6(14-15)10(17)18-2/h3-5,12-13H,1-2H3/b9-7+,12-5?. The lowest BCUT2D eigenvalue weighted by Gasteiger charge is -2.08. The van der Waals surface area contributed by atoms with Crippen LogP contribution in [0.15, 0.2) is 22.1 Å². The number of hydrogen-bond donors (Lipinski definition) is 2. The SMILES string of the molecule is CN/C(Cl)=C(\C=N)n1nc(C(=O)OC)ccc1=O. The number of aromatic nitrogens is 2. The van der Waals surface area contributed by atoms with Crippen LogP contribution in [0.3, 0.4) is 0 Å². The fraction of sp³-hybridized carbons (Fsp3) is 0.200. The van der Waals surface area contributed by atoms with E-state index in [1.54, 1.807) is 0 Å². The highest BCUT2D eigenvalue weighted by atomic mass is 35.5. The first-order valence-electron chi connectivity index (χ1n) is 4.82. The second-order valence-corrected chi connectivity index (χ2v) is 3.43. The van der Waals surface area contributed by atoms with Crippen molar-refractivity contribution in [2.75, 3.05) is 14.2 Å². The molecule has 0 saturated carbocycles. The van der Waals surface area contributed by atoms with Crippen LogP contribution in [0.25, 0.3) is 5.70 Å². The number of nitrogens with one attached hydrogen (secondary N) is 2. The Morgan fingerprint density at radius 3 is 2.78 bits per heavy atom. The molecule has 7 nitrogen and oxygen atoms in total. The summed E-state index contributed by atoms with van der Waals surface area (Å²) in [7, 11) is 2.73. The predicted molar refractivity (Wildman–Crippen MR) is 66.7 cm³/mol. The molecule has 0 radical (unpaired) electrons. The number of carbonyl (C=O) groups is 1. The predicted octanol–water partition coefficient (Wildman–Crippen LogP) is 0.264. The number of ether oxygens (including phenoxy) is 1. The summed E-state index contributed by atoms with van der Waals surface area (Å²) >= 11 is 5.81. The molecule has 0 spiro atoms. The van der Waals surface area contributed by atoms with E-state index in [2.05, 4.69) is 15.2 Å². The summed E-state index contributed by atoms with van der Waals surface area (Å²) in [6, 6.07) is 2.38. The molecule has 8 heteroatoms. The van der Waals surface area contributed by atoms with E-state index in [0.29, 0.717) is 0 Å². The zero-order valence-electron chi connectivity index (χ0n) is 9.73. The molecule has 0 atom stereocenters. The largest absolute Gasteiger partial charge is 0.464 e. The van der Waals surface area contributed by atoms with Gasteiger partial charge < -0.3 is 15.5 Å². The molecule has 0 aliphatic carbocycles. The second kappa shape index (κ2) is 5.97. The van der Waals surface area contributed by atoms with Crippen molar-refractivity contribution in [3.63, 3.8) is 0 Å². The van der Waals surface area contributed by atoms with Crippen molar-refractivity contribution in [2.45, 2.75) is 0 Å². The van der Waals surface area contributed by atoms with E-state index in [9.17, 15) is 9.59 Å². The highest BCUT2D eigenvalue weighted by Crippen LogP contribution is 2.07. The molecule has 1 heterocycles. The van der Waals surface area contributed by atoms with E-state index in [-0.39, 0.29) is 16.5 Å². The molecule has 0 bridgehead atoms. The Bertz CT molecular complexity index is 564. The van der Waals surface area contributed by atoms with E-state index in [0.717, 1.165) is 17.0 Å². The molecule has 0 aliphatic rings. The average Bonchev–Trinajstić information content (AvgIpc) is 2.40. The summed E-state index contributed by atoms with van der Waals surface area (Å²) in [5, 5.41) is 13.6. The van der Waals surface area contributed by atoms with Crippen LogP contribution in [-0.4, -0.2) is 36.1 Å². The Labute approximate surface area is 108 Å². The maximum Gasteiger partial charge on any atom is 0.358 e. The van der Waals surface area contributed by atoms with Gasteiger partial charge in [0.25, 0.3) is 5.56 Å². The molecule has 0 saturated heterocycles. The van der Waals surface area contributed by atoms with Crippen molar-refractivity contribution in [3.8, 4) is 0 Å². The molecular weight excluding hydrogens is 260 g/mol. The Morgan fingerprint density at radius 1 is 1.61 bits per heavy atom. The first kappa shape index (κ1) is 13.9. The van der Waals surface area contributed by atoms with Gasteiger partial charge in [-0.25, -0.2) is 4.79 Å². The molecule has 0 unspecified atom stereocenters. The fourth-order valence-electron chi connectivity index (χ4n) is 1.14. The van der Waals surface area contributed by atoms with Crippen molar-refractivity contribution >= 4 is 29.5 Å². The lowest BCUT2D eigenvalue weighted by Crippen LogP contribution is -2.26. The number of carbonyl (C=O) groups excluding carboxylic acids is 1. The van der Waals surface area contributed by atoms with Crippen molar-refractivity contribution in [2.24, 2.45) is 0 Å². The minimum Gasteiger partial charge on any atom is -0.464 e. The van der Waals surface area contributed by atoms with E-state index in [1.165, 1.54) is 20.2 Å². The average molecular weight is 271 g/mol. The lowest BCUT2D eigenvalue weighted by atomic mass is 10.4. The number of methoxy groups -OCH3 is 1. The minimum atomic E-state index is -0.686. The van der Waals surface area contributed by atoms with Crippen LogP contribution in [0.4, 0.5) is 0 Å². The number of rotatable bonds is 4. The summed E-state index contributed by atoms with van der Waals surface area (Å²) < 4.78 is 5.34. The van der Waals surface area contributed by atoms with Crippen LogP contribution < -0.4 is 10.9 Å². The zero-order valence-corrected chi connectivity index (χ0v) is 10.5. The van der Waals surface area contributed by atoms with Crippen LogP contribution >= 0.6 is 11.6 Å². The molecule has 0 amide bonds. The topological polar surface area (TPSA) is 97.1 Å². The number of halogens is 1. The third kappa shape index (κ3) is 2.75. The lowest BCUT2D eigenvalue weighted by molar-refractivity contribution is 0.0592. The van der Waals surface area contributed by atoms with Crippen LogP contribution in [0.2, 0.25) is 0 Å². The molecule has 18 heavy (non-hydrogen) atoms. The van der Waals surface area contributed by atoms with Crippen molar-refractivity contribution < 1.29 is 9.53 Å². The van der Waals surface area contributed by atoms with Crippen LogP contribution in [0.1, 0.15) is 10.5 Å². The van der Waals surface area contributed by atoms with Gasteiger partial charge >= 0.3 is 5.97 Å². The van der Waals surface area contributed by atoms with Gasteiger partial charge in [0.2, 0.25) is 0 Å². The van der Waals surface area contributed by atoms with Crippen LogP contribution in [-0.2, 0) is 4.74 Å². The third-order valence-electron chi connectivity index (χ3n) is 2.00. The highest BCUT2D eigenvalue weighted by Gasteiger charge is 2.12. The Kier molecular flexibility index (Phi) is 4.61. The van der Waals surface area contributed by atoms with E-state index in [1.807, 2.05) is 0 Å². The van der Waals surface area contributed by atoms with Gasteiger partial charge in [-0.3, -0.25) is 4.79 Å². The van der Waals surface area contributed by atoms with Gasteiger partial charge in [-0.15, -0.1) is 0 Å². The van der Waals surface area contributed by atoms with Gasteiger partial charge in [0.05, 0.1) is 7.11 Å². The Morgan fingerprint density at radius 2 is 2.28 bits per heavy atom. The summed E-state index contributed by atoms with van der Waals surface area (Å²) in [6.07, 6.45) is 0.855. The van der Waals surface area contributed by atoms with Crippen LogP contribution in [0, 0.1) is 5.41 Å². The zero-order chi connectivity index (χ0) is 13.7. The van der Waals surface area contributed by atoms with Crippen molar-refractivity contribution in [3.05, 3.63) is 33.3 Å². The quantitative estimate of drug-likeness (QED) is 0.465. The Hall–Kier alpha value is -2.15. The molecule has 2 N–H and O–H groups in total. The number of nitrogens with zero attached hydrogens (tertiary/aromatic N) is 2. The summed E-state index contributed by atoms with van der Waals surface area (Å²) in [5.74, 6) is -0.686. The molecular formula is C10H11ClN4O3. The fourth-order valence-corrected chi connectivity index (χ4v) is 1.28. The van der Waals surface area contributed by atoms with E-state index < -0.39 is 11.5 Å². The highest BCUT2D eigenvalue weighted by molar-refractivity contribution is 6.34. The normalized spacial score (nSPS) is 11.5. The number of hydrogen-bond acceptors (Lipinski definition) is 6. The van der Waals surface area contributed by atoms with Gasteiger partial charge in [0.15, 0.2) is 5.69 Å². The number of allylic oxidation sites excluding steroid dienone is 1. The molecule has 1 aromatic rings. The minimum absolute atomic E-state index is 0.0231. The second-order valence-electron chi connectivity index (χ2n) is 3.05. The third-order valence-corrected chi connectivity index (χ3v) is 2.39. The summed E-state index contributed by atoms with van der Waals surface area (Å²) in [6.45, 7) is 0. The van der Waals surface area contributed by atoms with Gasteiger partial charge in [0.1, 0.15) is 10.9 Å². The maximum absolute atomic E-state index is 11.6. The summed E-state index contributed by atoms with van der Waals surface area (Å²) in [4.78, 5) is 22.9. The van der Waals surface area contributed by atoms with E-state index >= 15 is 0 Å². The Balaban J connectivity index is 3.44. The molecule has 1 aromatic heterocycles. The molecule has 0 fully saturated rings. The van der Waals surface area contributed by atoms with Gasteiger partial charge in [0, 0.05) is 19.3 Å². The molecule has 1 rings (SSSR count). The van der Waals surface area contributed by atoms with Crippen molar-refractivity contribution in [1.29, 1.82) is 5.41 Å². The summed E-state index contributed by atoms with van der Waals surface area (Å²) in [5.41, 5.74) is -0.554.